The summed E-state index contributed by atoms with van der Waals surface area (Å²) in [6.45, 7) is 1.91. The quantitative estimate of drug-likeness (QED) is 0.914. The first-order valence-corrected chi connectivity index (χ1v) is 8.49. The van der Waals surface area contributed by atoms with Gasteiger partial charge in [-0.15, -0.1) is 0 Å². The van der Waals surface area contributed by atoms with Crippen molar-refractivity contribution in [3.63, 3.8) is 0 Å². The zero-order valence-electron chi connectivity index (χ0n) is 14.3. The van der Waals surface area contributed by atoms with Crippen LogP contribution in [0.15, 0.2) is 36.4 Å². The SMILES string of the molecule is CN(C)C(=O)CN1CCOc2c(O)cc(-c3cccc(Cl)c3)cc2C1. The molecule has 5 nitrogen and oxygen atoms in total. The molecule has 1 N–H and O–H groups in total. The summed E-state index contributed by atoms with van der Waals surface area (Å²) in [4.78, 5) is 15.6. The van der Waals surface area contributed by atoms with Gasteiger partial charge in [-0.3, -0.25) is 9.69 Å². The molecule has 3 rings (SSSR count). The molecule has 0 fully saturated rings. The first-order valence-electron chi connectivity index (χ1n) is 8.11. The van der Waals surface area contributed by atoms with Gasteiger partial charge in [-0.2, -0.15) is 0 Å². The number of phenols is 1. The fraction of sp³-hybridized carbons (Fsp3) is 0.316. The number of hydrogen-bond acceptors (Lipinski definition) is 4. The molecule has 0 saturated carbocycles. The summed E-state index contributed by atoms with van der Waals surface area (Å²) in [5, 5.41) is 11.0. The Morgan fingerprint density at radius 2 is 2.08 bits per heavy atom. The molecule has 1 amide bonds. The second kappa shape index (κ2) is 7.33. The molecule has 0 unspecified atom stereocenters. The third-order valence-corrected chi connectivity index (χ3v) is 4.44. The number of amides is 1. The summed E-state index contributed by atoms with van der Waals surface area (Å²) in [5.74, 6) is 0.637. The van der Waals surface area contributed by atoms with Crippen LogP contribution in [0.2, 0.25) is 5.02 Å². The van der Waals surface area contributed by atoms with Crippen LogP contribution in [0.4, 0.5) is 0 Å². The molecule has 0 aliphatic carbocycles. The van der Waals surface area contributed by atoms with Gasteiger partial charge < -0.3 is 14.7 Å². The average Bonchev–Trinajstić information content (AvgIpc) is 2.76. The van der Waals surface area contributed by atoms with Gasteiger partial charge in [0.15, 0.2) is 11.5 Å². The number of ether oxygens (including phenoxy) is 1. The van der Waals surface area contributed by atoms with E-state index in [0.29, 0.717) is 37.0 Å². The lowest BCUT2D eigenvalue weighted by molar-refractivity contribution is -0.130. The lowest BCUT2D eigenvalue weighted by Gasteiger charge is -2.21. The number of hydrogen-bond donors (Lipinski definition) is 1. The Hall–Kier alpha value is -2.24. The van der Waals surface area contributed by atoms with E-state index < -0.39 is 0 Å². The van der Waals surface area contributed by atoms with Crippen molar-refractivity contribution in [1.29, 1.82) is 0 Å². The number of rotatable bonds is 3. The number of likely N-dealkylation sites (N-methyl/N-ethyl adjacent to an activating group) is 1. The van der Waals surface area contributed by atoms with Gasteiger partial charge in [0.1, 0.15) is 6.61 Å². The van der Waals surface area contributed by atoms with Gasteiger partial charge in [-0.05, 0) is 35.4 Å². The van der Waals surface area contributed by atoms with E-state index in [2.05, 4.69) is 0 Å². The minimum absolute atomic E-state index is 0.0404. The maximum Gasteiger partial charge on any atom is 0.236 e. The Balaban J connectivity index is 1.92. The lowest BCUT2D eigenvalue weighted by Crippen LogP contribution is -2.37. The van der Waals surface area contributed by atoms with Crippen molar-refractivity contribution in [2.24, 2.45) is 0 Å². The molecule has 1 aliphatic heterocycles. The van der Waals surface area contributed by atoms with E-state index in [-0.39, 0.29) is 11.7 Å². The topological polar surface area (TPSA) is 53.0 Å². The van der Waals surface area contributed by atoms with Crippen LogP contribution < -0.4 is 4.74 Å². The summed E-state index contributed by atoms with van der Waals surface area (Å²) in [6.07, 6.45) is 0. The lowest BCUT2D eigenvalue weighted by atomic mass is 10.0. The molecule has 0 radical (unpaired) electrons. The maximum absolute atomic E-state index is 12.0. The minimum Gasteiger partial charge on any atom is -0.504 e. The number of phenolic OH excluding ortho intramolecular Hbond substituents is 1. The van der Waals surface area contributed by atoms with Gasteiger partial charge in [-0.1, -0.05) is 23.7 Å². The first kappa shape index (κ1) is 17.6. The molecular weight excluding hydrogens is 340 g/mol. The third kappa shape index (κ3) is 4.06. The van der Waals surface area contributed by atoms with Crippen LogP contribution in [0.5, 0.6) is 11.5 Å². The van der Waals surface area contributed by atoms with Gasteiger partial charge >= 0.3 is 0 Å². The van der Waals surface area contributed by atoms with Crippen molar-refractivity contribution < 1.29 is 14.6 Å². The number of carbonyl (C=O) groups excluding carboxylic acids is 1. The Morgan fingerprint density at radius 1 is 1.28 bits per heavy atom. The predicted molar refractivity (Wildman–Crippen MR) is 98.0 cm³/mol. The van der Waals surface area contributed by atoms with Gasteiger partial charge in [0.2, 0.25) is 5.91 Å². The van der Waals surface area contributed by atoms with Crippen molar-refractivity contribution in [3.05, 3.63) is 47.0 Å². The Bertz CT molecular complexity index is 792. The average molecular weight is 361 g/mol. The fourth-order valence-corrected chi connectivity index (χ4v) is 3.05. The molecule has 6 heteroatoms. The summed E-state index contributed by atoms with van der Waals surface area (Å²) in [6, 6.07) is 11.2. The zero-order chi connectivity index (χ0) is 18.0. The number of carbonyl (C=O) groups is 1. The Morgan fingerprint density at radius 3 is 2.80 bits per heavy atom. The maximum atomic E-state index is 12.0. The molecule has 0 aromatic heterocycles. The van der Waals surface area contributed by atoms with Gasteiger partial charge in [-0.25, -0.2) is 0 Å². The Labute approximate surface area is 152 Å². The second-order valence-electron chi connectivity index (χ2n) is 6.34. The number of halogens is 1. The van der Waals surface area contributed by atoms with E-state index in [1.807, 2.05) is 35.2 Å². The van der Waals surface area contributed by atoms with Crippen LogP contribution in [-0.2, 0) is 11.3 Å². The van der Waals surface area contributed by atoms with E-state index in [9.17, 15) is 9.90 Å². The number of fused-ring (bicyclic) bond motifs is 1. The van der Waals surface area contributed by atoms with Crippen LogP contribution in [0.1, 0.15) is 5.56 Å². The van der Waals surface area contributed by atoms with Crippen LogP contribution in [0.25, 0.3) is 11.1 Å². The van der Waals surface area contributed by atoms with E-state index >= 15 is 0 Å². The zero-order valence-corrected chi connectivity index (χ0v) is 15.1. The van der Waals surface area contributed by atoms with E-state index in [4.69, 9.17) is 16.3 Å². The molecular formula is C19H21ClN2O3. The molecule has 2 aromatic rings. The number of nitrogens with zero attached hydrogens (tertiary/aromatic N) is 2. The first-order chi connectivity index (χ1) is 11.9. The van der Waals surface area contributed by atoms with E-state index in [0.717, 1.165) is 16.7 Å². The van der Waals surface area contributed by atoms with Crippen molar-refractivity contribution in [2.75, 3.05) is 33.8 Å². The smallest absolute Gasteiger partial charge is 0.236 e. The second-order valence-corrected chi connectivity index (χ2v) is 6.78. The van der Waals surface area contributed by atoms with Crippen LogP contribution in [0, 0.1) is 0 Å². The van der Waals surface area contributed by atoms with Gasteiger partial charge in [0, 0.05) is 37.8 Å². The molecule has 0 spiro atoms. The van der Waals surface area contributed by atoms with Crippen molar-refractivity contribution in [1.82, 2.24) is 9.80 Å². The molecule has 1 aliphatic rings. The molecule has 0 atom stereocenters. The number of benzene rings is 2. The van der Waals surface area contributed by atoms with Crippen LogP contribution in [-0.4, -0.2) is 54.6 Å². The highest BCUT2D eigenvalue weighted by molar-refractivity contribution is 6.30. The molecule has 25 heavy (non-hydrogen) atoms. The van der Waals surface area contributed by atoms with Crippen LogP contribution in [0.3, 0.4) is 0 Å². The normalized spacial score (nSPS) is 14.4. The highest BCUT2D eigenvalue weighted by Crippen LogP contribution is 2.38. The summed E-state index contributed by atoms with van der Waals surface area (Å²) < 4.78 is 5.72. The standard InChI is InChI=1S/C19H21ClN2O3/c1-21(2)18(24)12-22-6-7-25-19-15(11-22)8-14(10-17(19)23)13-4-3-5-16(20)9-13/h3-5,8-10,23H,6-7,11-12H2,1-2H3. The van der Waals surface area contributed by atoms with Crippen molar-refractivity contribution >= 4 is 17.5 Å². The fourth-order valence-electron chi connectivity index (χ4n) is 2.86. The summed E-state index contributed by atoms with van der Waals surface area (Å²) in [7, 11) is 3.49. The summed E-state index contributed by atoms with van der Waals surface area (Å²) >= 11 is 6.08. The highest BCUT2D eigenvalue weighted by atomic mass is 35.5. The van der Waals surface area contributed by atoms with Gasteiger partial charge in [0.25, 0.3) is 0 Å². The molecule has 132 valence electrons. The largest absolute Gasteiger partial charge is 0.504 e. The predicted octanol–water partition coefficient (Wildman–Crippen LogP) is 3.00. The monoisotopic (exact) mass is 360 g/mol. The van der Waals surface area contributed by atoms with Gasteiger partial charge in [0.05, 0.1) is 6.54 Å². The molecule has 2 aromatic carbocycles. The Kier molecular flexibility index (Phi) is 5.16. The highest BCUT2D eigenvalue weighted by Gasteiger charge is 2.21. The summed E-state index contributed by atoms with van der Waals surface area (Å²) in [5.41, 5.74) is 2.65. The van der Waals surface area contributed by atoms with E-state index in [1.165, 1.54) is 0 Å². The molecule has 1 heterocycles. The van der Waals surface area contributed by atoms with Crippen molar-refractivity contribution in [2.45, 2.75) is 6.54 Å². The molecule has 0 bridgehead atoms. The van der Waals surface area contributed by atoms with Crippen molar-refractivity contribution in [3.8, 4) is 22.6 Å². The third-order valence-electron chi connectivity index (χ3n) is 4.21. The van der Waals surface area contributed by atoms with E-state index in [1.54, 1.807) is 25.1 Å². The number of aromatic hydroxyl groups is 1. The van der Waals surface area contributed by atoms with Crippen LogP contribution >= 0.6 is 11.6 Å². The minimum atomic E-state index is 0.0404. The molecule has 0 saturated heterocycles.